The lowest BCUT2D eigenvalue weighted by molar-refractivity contribution is -0.121. The van der Waals surface area contributed by atoms with Gasteiger partial charge in [-0.25, -0.2) is 4.98 Å². The normalized spacial score (nSPS) is 21.4. The first-order valence-electron chi connectivity index (χ1n) is 8.62. The molecule has 0 atom stereocenters. The topological polar surface area (TPSA) is 82.9 Å². The summed E-state index contributed by atoms with van der Waals surface area (Å²) in [6, 6.07) is 3.15. The van der Waals surface area contributed by atoms with Crippen LogP contribution in [-0.4, -0.2) is 35.9 Å². The molecule has 2 aliphatic heterocycles. The van der Waals surface area contributed by atoms with Crippen LogP contribution in [0.4, 0.5) is 5.13 Å². The fourth-order valence-corrected chi connectivity index (χ4v) is 7.89. The lowest BCUT2D eigenvalue weighted by Crippen LogP contribution is -2.30. The largest absolute Gasteiger partial charge is 0.294 e. The highest BCUT2D eigenvalue weighted by Gasteiger charge is 2.40. The summed E-state index contributed by atoms with van der Waals surface area (Å²) in [4.78, 5) is 22.4. The zero-order valence-electron chi connectivity index (χ0n) is 15.9. The number of hydrogen-bond acceptors (Lipinski definition) is 9. The molecule has 2 aromatic heterocycles. The minimum absolute atomic E-state index is 0.123. The minimum atomic E-state index is -3.91. The lowest BCUT2D eigenvalue weighted by atomic mass is 10.4. The summed E-state index contributed by atoms with van der Waals surface area (Å²) in [7, 11) is -3.91. The Hall–Kier alpha value is -1.86. The highest BCUT2D eigenvalue weighted by molar-refractivity contribution is 8.20. The van der Waals surface area contributed by atoms with E-state index in [0.717, 1.165) is 38.8 Å². The van der Waals surface area contributed by atoms with E-state index in [2.05, 4.69) is 16.0 Å². The summed E-state index contributed by atoms with van der Waals surface area (Å²) in [6.07, 6.45) is 3.26. The van der Waals surface area contributed by atoms with E-state index in [9.17, 15) is 13.2 Å². The Labute approximate surface area is 191 Å². The van der Waals surface area contributed by atoms with Crippen molar-refractivity contribution in [2.45, 2.75) is 18.1 Å². The number of amides is 1. The molecule has 0 spiro atoms. The van der Waals surface area contributed by atoms with Gasteiger partial charge in [0.2, 0.25) is 0 Å². The molecule has 4 rings (SSSR count). The number of rotatable bonds is 5. The van der Waals surface area contributed by atoms with E-state index in [-0.39, 0.29) is 21.8 Å². The van der Waals surface area contributed by atoms with Crippen molar-refractivity contribution in [3.8, 4) is 0 Å². The monoisotopic (exact) mass is 496 g/mol. The molecule has 12 heteroatoms. The van der Waals surface area contributed by atoms with Crippen molar-refractivity contribution in [2.75, 3.05) is 11.4 Å². The van der Waals surface area contributed by atoms with Gasteiger partial charge in [0.05, 0.1) is 0 Å². The van der Waals surface area contributed by atoms with Gasteiger partial charge in [0.1, 0.15) is 14.1 Å². The van der Waals surface area contributed by atoms with Crippen LogP contribution in [0.25, 0.3) is 0 Å². The molecule has 0 aromatic carbocycles. The van der Waals surface area contributed by atoms with E-state index in [4.69, 9.17) is 0 Å². The standard InChI is InChI=1S/C18H16N4O3S5/c1-4-8-21-15(23)14(29-18(21)20-30(24,25)13-6-5-9-26-13)16-22(11(2)12(3)28-16)17-19-7-10-27-17/h4-7,9-10H,1,8H2,2-3H3. The Balaban J connectivity index is 1.80. The minimum Gasteiger partial charge on any atom is -0.282 e. The summed E-state index contributed by atoms with van der Waals surface area (Å²) in [6.45, 7) is 7.80. The second kappa shape index (κ2) is 8.35. The van der Waals surface area contributed by atoms with Gasteiger partial charge in [-0.2, -0.15) is 8.42 Å². The number of aromatic nitrogens is 1. The van der Waals surface area contributed by atoms with E-state index in [0.29, 0.717) is 9.93 Å². The van der Waals surface area contributed by atoms with Crippen LogP contribution in [0.3, 0.4) is 0 Å². The number of allylic oxidation sites excluding steroid dienone is 2. The summed E-state index contributed by atoms with van der Waals surface area (Å²) in [5, 5.41) is 5.13. The van der Waals surface area contributed by atoms with Gasteiger partial charge in [-0.3, -0.25) is 14.6 Å². The van der Waals surface area contributed by atoms with Crippen LogP contribution in [0.2, 0.25) is 0 Å². The van der Waals surface area contributed by atoms with E-state index >= 15 is 0 Å². The summed E-state index contributed by atoms with van der Waals surface area (Å²) in [5.41, 5.74) is 0.984. The molecule has 7 nitrogen and oxygen atoms in total. The van der Waals surface area contributed by atoms with E-state index in [1.54, 1.807) is 23.7 Å². The van der Waals surface area contributed by atoms with Crippen molar-refractivity contribution in [3.05, 3.63) is 62.3 Å². The van der Waals surface area contributed by atoms with Crippen LogP contribution in [0.1, 0.15) is 13.8 Å². The molecule has 1 saturated heterocycles. The third kappa shape index (κ3) is 3.78. The first kappa shape index (κ1) is 21.4. The summed E-state index contributed by atoms with van der Waals surface area (Å²) < 4.78 is 29.5. The molecule has 0 saturated carbocycles. The zero-order valence-corrected chi connectivity index (χ0v) is 20.0. The number of hydrogen-bond donors (Lipinski definition) is 0. The molecular weight excluding hydrogens is 481 g/mol. The maximum Gasteiger partial charge on any atom is 0.294 e. The average molecular weight is 497 g/mol. The first-order chi connectivity index (χ1) is 14.3. The van der Waals surface area contributed by atoms with Gasteiger partial charge >= 0.3 is 0 Å². The third-order valence-corrected chi connectivity index (χ3v) is 10.1. The Morgan fingerprint density at radius 1 is 1.23 bits per heavy atom. The molecule has 30 heavy (non-hydrogen) atoms. The molecule has 0 unspecified atom stereocenters. The van der Waals surface area contributed by atoms with Crippen LogP contribution in [-0.2, 0) is 14.8 Å². The molecule has 1 fully saturated rings. The third-order valence-electron chi connectivity index (χ3n) is 4.23. The number of carbonyl (C=O) groups excluding carboxylic acids is 1. The van der Waals surface area contributed by atoms with Gasteiger partial charge in [0.25, 0.3) is 15.9 Å². The van der Waals surface area contributed by atoms with Gasteiger partial charge in [0, 0.05) is 28.7 Å². The number of anilines is 1. The number of amidine groups is 1. The number of carbonyl (C=O) groups is 1. The lowest BCUT2D eigenvalue weighted by Gasteiger charge is -2.19. The van der Waals surface area contributed by atoms with Crippen LogP contribution in [0.15, 0.2) is 70.9 Å². The molecule has 0 radical (unpaired) electrons. The van der Waals surface area contributed by atoms with Crippen molar-refractivity contribution >= 4 is 72.4 Å². The molecule has 0 N–H and O–H groups in total. The summed E-state index contributed by atoms with van der Waals surface area (Å²) >= 11 is 5.09. The fourth-order valence-electron chi connectivity index (χ4n) is 2.73. The Morgan fingerprint density at radius 3 is 2.67 bits per heavy atom. The number of sulfonamides is 1. The summed E-state index contributed by atoms with van der Waals surface area (Å²) in [5.74, 6) is -0.299. The van der Waals surface area contributed by atoms with Crippen LogP contribution in [0, 0.1) is 0 Å². The number of nitrogens with zero attached hydrogens (tertiary/aromatic N) is 4. The predicted molar refractivity (Wildman–Crippen MR) is 126 cm³/mol. The Kier molecular flexibility index (Phi) is 5.95. The molecular formula is C18H16N4O3S5. The highest BCUT2D eigenvalue weighted by atomic mass is 32.2. The number of thioether (sulfide) groups is 2. The molecule has 2 aliphatic rings. The molecule has 0 aliphatic carbocycles. The van der Waals surface area contributed by atoms with Gasteiger partial charge in [-0.05, 0) is 37.1 Å². The molecule has 4 heterocycles. The first-order valence-corrected chi connectivity index (χ1v) is 13.4. The fraction of sp³-hybridized carbons (Fsp3) is 0.167. The van der Waals surface area contributed by atoms with Crippen LogP contribution in [0.5, 0.6) is 0 Å². The number of thiophene rings is 1. The Morgan fingerprint density at radius 2 is 2.03 bits per heavy atom. The van der Waals surface area contributed by atoms with Gasteiger partial charge in [-0.1, -0.05) is 23.9 Å². The maximum absolute atomic E-state index is 13.2. The molecule has 2 aromatic rings. The zero-order chi connectivity index (χ0) is 21.5. The van der Waals surface area contributed by atoms with E-state index in [1.165, 1.54) is 34.1 Å². The molecule has 156 valence electrons. The quantitative estimate of drug-likeness (QED) is 0.439. The second-order valence-corrected chi connectivity index (χ2v) is 11.9. The van der Waals surface area contributed by atoms with Crippen LogP contribution < -0.4 is 4.90 Å². The van der Waals surface area contributed by atoms with E-state index < -0.39 is 10.0 Å². The van der Waals surface area contributed by atoms with Crippen molar-refractivity contribution in [2.24, 2.45) is 4.40 Å². The van der Waals surface area contributed by atoms with Crippen molar-refractivity contribution in [1.82, 2.24) is 9.88 Å². The van der Waals surface area contributed by atoms with Crippen molar-refractivity contribution in [3.63, 3.8) is 0 Å². The van der Waals surface area contributed by atoms with Crippen LogP contribution >= 0.6 is 46.2 Å². The average Bonchev–Trinajstić information content (AvgIpc) is 3.47. The second-order valence-electron chi connectivity index (χ2n) is 6.12. The van der Waals surface area contributed by atoms with Crippen molar-refractivity contribution in [1.29, 1.82) is 0 Å². The predicted octanol–water partition coefficient (Wildman–Crippen LogP) is 4.68. The highest BCUT2D eigenvalue weighted by Crippen LogP contribution is 2.49. The van der Waals surface area contributed by atoms with Gasteiger partial charge < -0.3 is 0 Å². The SMILES string of the molecule is C=CCN1C(=O)C(=C2SC(C)=C(C)N2c2nccs2)SC1=NS(=O)(=O)c1cccs1. The Bertz CT molecular complexity index is 1190. The molecule has 1 amide bonds. The van der Waals surface area contributed by atoms with Gasteiger partial charge in [-0.15, -0.1) is 33.7 Å². The van der Waals surface area contributed by atoms with Crippen molar-refractivity contribution < 1.29 is 13.2 Å². The molecule has 0 bridgehead atoms. The number of thiazole rings is 1. The van der Waals surface area contributed by atoms with E-state index in [1.807, 2.05) is 24.1 Å². The maximum atomic E-state index is 13.2. The van der Waals surface area contributed by atoms with Gasteiger partial charge in [0.15, 0.2) is 10.3 Å². The smallest absolute Gasteiger partial charge is 0.282 e.